The second kappa shape index (κ2) is 6.93. The van der Waals surface area contributed by atoms with Crippen LogP contribution in [0.4, 0.5) is 4.79 Å². The van der Waals surface area contributed by atoms with Gasteiger partial charge in [0, 0.05) is 44.8 Å². The predicted molar refractivity (Wildman–Crippen MR) is 104 cm³/mol. The van der Waals surface area contributed by atoms with Crippen LogP contribution in [0.5, 0.6) is 0 Å². The van der Waals surface area contributed by atoms with Gasteiger partial charge in [-0.25, -0.2) is 22.9 Å². The van der Waals surface area contributed by atoms with Crippen LogP contribution in [0.15, 0.2) is 0 Å². The lowest BCUT2D eigenvalue weighted by atomic mass is 9.80. The zero-order chi connectivity index (χ0) is 20.3. The molecule has 2 N–H and O–H groups in total. The highest BCUT2D eigenvalue weighted by molar-refractivity contribution is 7.90. The second-order valence-electron chi connectivity index (χ2n) is 9.19. The summed E-state index contributed by atoms with van der Waals surface area (Å²) in [5, 5.41) is 1.44. The van der Waals surface area contributed by atoms with E-state index in [2.05, 4.69) is 10.1 Å². The number of nitrogens with one attached hydrogen (secondary N) is 2. The van der Waals surface area contributed by atoms with Crippen LogP contribution in [-0.2, 0) is 14.8 Å². The lowest BCUT2D eigenvalue weighted by molar-refractivity contribution is -0.139. The number of nitrogens with zero attached hydrogens (tertiary/aromatic N) is 3. The molecule has 2 aliphatic carbocycles. The second-order valence-corrected chi connectivity index (χ2v) is 11.1. The molecule has 4 fully saturated rings. The topological polar surface area (TPSA) is 102 Å². The summed E-state index contributed by atoms with van der Waals surface area (Å²) in [4.78, 5) is 28.6. The normalized spacial score (nSPS) is 36.0. The number of hydrogen-bond donors (Lipinski definition) is 2. The zero-order valence-electron chi connectivity index (χ0n) is 16.8. The molecule has 28 heavy (non-hydrogen) atoms. The molecule has 2 saturated heterocycles. The SMILES string of the molecule is CN1CCC(CN2C(=O)N(C)C(=O)C3CC(S(=O)(=O)NC4(C)CC4)CCC32)N1. The summed E-state index contributed by atoms with van der Waals surface area (Å²) < 4.78 is 28.5. The van der Waals surface area contributed by atoms with Crippen LogP contribution in [0, 0.1) is 5.92 Å². The first-order valence-electron chi connectivity index (χ1n) is 10.2. The average molecular weight is 414 g/mol. The molecule has 0 aromatic carbocycles. The van der Waals surface area contributed by atoms with Gasteiger partial charge in [-0.3, -0.25) is 15.1 Å². The molecule has 9 nitrogen and oxygen atoms in total. The third kappa shape index (κ3) is 3.67. The van der Waals surface area contributed by atoms with Crippen molar-refractivity contribution in [1.82, 2.24) is 25.0 Å². The van der Waals surface area contributed by atoms with E-state index in [9.17, 15) is 18.0 Å². The number of hydrazine groups is 1. The maximum atomic E-state index is 12.8. The number of imide groups is 1. The van der Waals surface area contributed by atoms with Gasteiger partial charge >= 0.3 is 6.03 Å². The van der Waals surface area contributed by atoms with Crippen molar-refractivity contribution in [2.24, 2.45) is 5.92 Å². The molecule has 2 saturated carbocycles. The first-order valence-corrected chi connectivity index (χ1v) is 11.7. The molecule has 4 unspecified atom stereocenters. The third-order valence-corrected chi connectivity index (χ3v) is 8.89. The minimum absolute atomic E-state index is 0.161. The van der Waals surface area contributed by atoms with Gasteiger partial charge in [0.05, 0.1) is 11.2 Å². The van der Waals surface area contributed by atoms with Crippen LogP contribution in [0.25, 0.3) is 0 Å². The van der Waals surface area contributed by atoms with Crippen molar-refractivity contribution in [2.75, 3.05) is 27.2 Å². The van der Waals surface area contributed by atoms with Crippen LogP contribution in [0.3, 0.4) is 0 Å². The minimum Gasteiger partial charge on any atom is -0.319 e. The molecule has 3 amide bonds. The van der Waals surface area contributed by atoms with Gasteiger partial charge < -0.3 is 4.90 Å². The van der Waals surface area contributed by atoms with E-state index in [4.69, 9.17) is 0 Å². The Morgan fingerprint density at radius 1 is 1.18 bits per heavy atom. The Labute approximate surface area is 166 Å². The van der Waals surface area contributed by atoms with E-state index in [1.54, 1.807) is 4.90 Å². The summed E-state index contributed by atoms with van der Waals surface area (Å²) >= 11 is 0. The zero-order valence-corrected chi connectivity index (χ0v) is 17.7. The van der Waals surface area contributed by atoms with E-state index >= 15 is 0 Å². The maximum Gasteiger partial charge on any atom is 0.326 e. The number of amides is 3. The van der Waals surface area contributed by atoms with Crippen LogP contribution in [0.1, 0.15) is 45.4 Å². The van der Waals surface area contributed by atoms with Gasteiger partial charge in [-0.1, -0.05) is 0 Å². The van der Waals surface area contributed by atoms with Crippen molar-refractivity contribution in [3.63, 3.8) is 0 Å². The maximum absolute atomic E-state index is 12.8. The fourth-order valence-corrected chi connectivity index (χ4v) is 6.77. The molecule has 4 rings (SSSR count). The Bertz CT molecular complexity index is 768. The van der Waals surface area contributed by atoms with E-state index < -0.39 is 21.2 Å². The summed E-state index contributed by atoms with van der Waals surface area (Å²) in [5.41, 5.74) is 3.02. The van der Waals surface area contributed by atoms with Crippen molar-refractivity contribution in [2.45, 2.75) is 68.3 Å². The minimum atomic E-state index is -3.47. The standard InChI is InChI=1S/C18H31N5O4S/c1-18(7-8-18)20-28(26,27)13-4-5-15-14(10-13)16(24)22(3)17(25)23(15)11-12-6-9-21(2)19-12/h12-15,19-20H,4-11H2,1-3H3. The number of sulfonamides is 1. The highest BCUT2D eigenvalue weighted by atomic mass is 32.2. The van der Waals surface area contributed by atoms with Gasteiger partial charge in [-0.2, -0.15) is 0 Å². The van der Waals surface area contributed by atoms with E-state index in [1.807, 2.05) is 19.0 Å². The molecule has 2 heterocycles. The number of hydrogen-bond acceptors (Lipinski definition) is 6. The molecule has 2 aliphatic heterocycles. The lowest BCUT2D eigenvalue weighted by Gasteiger charge is -2.48. The number of rotatable bonds is 5. The van der Waals surface area contributed by atoms with Gasteiger partial charge in [-0.15, -0.1) is 0 Å². The van der Waals surface area contributed by atoms with Gasteiger partial charge in [0.15, 0.2) is 0 Å². The molecule has 0 bridgehead atoms. The number of carbonyl (C=O) groups excluding carboxylic acids is 2. The van der Waals surface area contributed by atoms with Crippen molar-refractivity contribution < 1.29 is 18.0 Å². The number of carbonyl (C=O) groups is 2. The monoisotopic (exact) mass is 413 g/mol. The summed E-state index contributed by atoms with van der Waals surface area (Å²) in [5.74, 6) is -0.704. The highest BCUT2D eigenvalue weighted by Gasteiger charge is 2.51. The molecule has 0 spiro atoms. The Balaban J connectivity index is 1.50. The Morgan fingerprint density at radius 3 is 2.50 bits per heavy atom. The molecule has 4 aliphatic rings. The first-order chi connectivity index (χ1) is 13.1. The third-order valence-electron chi connectivity index (χ3n) is 6.81. The highest BCUT2D eigenvalue weighted by Crippen LogP contribution is 2.40. The molecule has 0 radical (unpaired) electrons. The van der Waals surface area contributed by atoms with Gasteiger partial charge in [0.1, 0.15) is 0 Å². The summed E-state index contributed by atoms with van der Waals surface area (Å²) in [6.07, 6.45) is 3.96. The average Bonchev–Trinajstić information content (AvgIpc) is 3.20. The van der Waals surface area contributed by atoms with Crippen molar-refractivity contribution >= 4 is 22.0 Å². The molecular formula is C18H31N5O4S. The van der Waals surface area contributed by atoms with Crippen LogP contribution in [-0.4, -0.2) is 85.2 Å². The van der Waals surface area contributed by atoms with Crippen LogP contribution in [0.2, 0.25) is 0 Å². The van der Waals surface area contributed by atoms with E-state index in [1.165, 1.54) is 11.9 Å². The Morgan fingerprint density at radius 2 is 1.89 bits per heavy atom. The smallest absolute Gasteiger partial charge is 0.319 e. The Kier molecular flexibility index (Phi) is 4.96. The summed E-state index contributed by atoms with van der Waals surface area (Å²) in [7, 11) is 0.00191. The van der Waals surface area contributed by atoms with Gasteiger partial charge in [-0.05, 0) is 45.4 Å². The number of urea groups is 1. The molecule has 4 atom stereocenters. The van der Waals surface area contributed by atoms with Crippen molar-refractivity contribution in [3.8, 4) is 0 Å². The fourth-order valence-electron chi connectivity index (χ4n) is 4.80. The summed E-state index contributed by atoms with van der Waals surface area (Å²) in [6.45, 7) is 3.37. The van der Waals surface area contributed by atoms with Crippen molar-refractivity contribution in [1.29, 1.82) is 0 Å². The molecule has 0 aromatic heterocycles. The van der Waals surface area contributed by atoms with Crippen LogP contribution < -0.4 is 10.1 Å². The predicted octanol–water partition coefficient (Wildman–Crippen LogP) is 0.0983. The van der Waals surface area contributed by atoms with Gasteiger partial charge in [0.25, 0.3) is 0 Å². The first kappa shape index (κ1) is 20.1. The van der Waals surface area contributed by atoms with E-state index in [0.29, 0.717) is 19.4 Å². The Hall–Kier alpha value is -1.23. The lowest BCUT2D eigenvalue weighted by Crippen LogP contribution is -2.64. The van der Waals surface area contributed by atoms with E-state index in [0.717, 1.165) is 25.8 Å². The molecule has 10 heteroatoms. The quantitative estimate of drug-likeness (QED) is 0.663. The van der Waals surface area contributed by atoms with E-state index in [-0.39, 0.29) is 36.0 Å². The largest absolute Gasteiger partial charge is 0.326 e. The van der Waals surface area contributed by atoms with Gasteiger partial charge in [0.2, 0.25) is 15.9 Å². The molecule has 158 valence electrons. The summed E-state index contributed by atoms with van der Waals surface area (Å²) in [6, 6.07) is -0.325. The fraction of sp³-hybridized carbons (Fsp3) is 0.889. The van der Waals surface area contributed by atoms with Crippen molar-refractivity contribution in [3.05, 3.63) is 0 Å². The van der Waals surface area contributed by atoms with Crippen LogP contribution >= 0.6 is 0 Å². The molecular weight excluding hydrogens is 382 g/mol. The number of fused-ring (bicyclic) bond motifs is 1. The molecule has 0 aromatic rings.